The average Bonchev–Trinajstić information content (AvgIpc) is 2.49. The van der Waals surface area contributed by atoms with E-state index in [9.17, 15) is 8.42 Å². The van der Waals surface area contributed by atoms with Crippen molar-refractivity contribution in [2.24, 2.45) is 0 Å². The molecule has 1 aromatic rings. The average molecular weight is 263 g/mol. The fraction of sp³-hybridized carbons (Fsp3) is 0.600. The minimum absolute atomic E-state index is 0.0344. The maximum Gasteiger partial charge on any atom is 0.250 e. The van der Waals surface area contributed by atoms with Crippen LogP contribution in [0, 0.1) is 0 Å². The van der Waals surface area contributed by atoms with Gasteiger partial charge in [0, 0.05) is 23.4 Å². The Bertz CT molecular complexity index is 443. The Morgan fingerprint density at radius 1 is 1.38 bits per heavy atom. The summed E-state index contributed by atoms with van der Waals surface area (Å²) in [6.45, 7) is 5.43. The minimum atomic E-state index is -3.43. The van der Waals surface area contributed by atoms with Crippen LogP contribution in [0.1, 0.15) is 25.6 Å². The number of rotatable bonds is 4. The zero-order chi connectivity index (χ0) is 12.4. The van der Waals surface area contributed by atoms with Crippen molar-refractivity contribution in [1.29, 1.82) is 0 Å². The van der Waals surface area contributed by atoms with Crippen molar-refractivity contribution in [1.82, 2.24) is 4.72 Å². The first-order chi connectivity index (χ1) is 7.24. The molecule has 1 aromatic heterocycles. The van der Waals surface area contributed by atoms with Crippen molar-refractivity contribution in [2.45, 2.75) is 36.9 Å². The zero-order valence-corrected chi connectivity index (χ0v) is 11.3. The van der Waals surface area contributed by atoms with Crippen LogP contribution in [0.4, 0.5) is 0 Å². The monoisotopic (exact) mass is 263 g/mol. The lowest BCUT2D eigenvalue weighted by Crippen LogP contribution is -2.40. The molecule has 0 aliphatic heterocycles. The molecule has 2 N–H and O–H groups in total. The predicted molar refractivity (Wildman–Crippen MR) is 65.2 cm³/mol. The van der Waals surface area contributed by atoms with Gasteiger partial charge in [0.05, 0.1) is 0 Å². The summed E-state index contributed by atoms with van der Waals surface area (Å²) in [6.07, 6.45) is 0.496. The van der Waals surface area contributed by atoms with E-state index < -0.39 is 15.6 Å². The molecule has 0 saturated heterocycles. The number of aliphatic hydroxyl groups excluding tert-OH is 1. The van der Waals surface area contributed by atoms with Crippen LogP contribution in [0.15, 0.2) is 16.3 Å². The molecule has 1 heterocycles. The van der Waals surface area contributed by atoms with E-state index in [1.807, 2.05) is 0 Å². The normalized spacial score (nSPS) is 13.0. The summed E-state index contributed by atoms with van der Waals surface area (Å²) in [5.74, 6) is 0. The summed E-state index contributed by atoms with van der Waals surface area (Å²) in [4.78, 5) is 0.872. The summed E-state index contributed by atoms with van der Waals surface area (Å²) in [5.41, 5.74) is -0.486. The standard InChI is InChI=1S/C10H17NO3S2/c1-10(2,3)11-16(13,14)9-5-4-8(15-9)6-7-12/h4-5,11-12H,6-7H2,1-3H3. The lowest BCUT2D eigenvalue weighted by atomic mass is 10.1. The van der Waals surface area contributed by atoms with Crippen molar-refractivity contribution in [3.8, 4) is 0 Å². The Morgan fingerprint density at radius 3 is 2.50 bits per heavy atom. The summed E-state index contributed by atoms with van der Waals surface area (Å²) in [6, 6.07) is 3.31. The van der Waals surface area contributed by atoms with Gasteiger partial charge in [0.15, 0.2) is 0 Å². The molecule has 0 bridgehead atoms. The Balaban J connectivity index is 2.90. The van der Waals surface area contributed by atoms with Gasteiger partial charge in [-0.1, -0.05) is 0 Å². The van der Waals surface area contributed by atoms with Crippen molar-refractivity contribution >= 4 is 21.4 Å². The number of nitrogens with one attached hydrogen (secondary N) is 1. The second-order valence-corrected chi connectivity index (χ2v) is 7.63. The van der Waals surface area contributed by atoms with Crippen molar-refractivity contribution in [2.75, 3.05) is 6.61 Å². The van der Waals surface area contributed by atoms with E-state index in [0.29, 0.717) is 10.6 Å². The topological polar surface area (TPSA) is 66.4 Å². The Labute approximate surface area is 100 Å². The number of hydrogen-bond donors (Lipinski definition) is 2. The lowest BCUT2D eigenvalue weighted by molar-refractivity contribution is 0.300. The second kappa shape index (κ2) is 4.83. The first-order valence-electron chi connectivity index (χ1n) is 4.98. The van der Waals surface area contributed by atoms with Crippen LogP contribution in [0.25, 0.3) is 0 Å². The SMILES string of the molecule is CC(C)(C)NS(=O)(=O)c1ccc(CCO)s1. The molecule has 0 unspecified atom stereocenters. The van der Waals surface area contributed by atoms with Crippen molar-refractivity contribution in [3.05, 3.63) is 17.0 Å². The van der Waals surface area contributed by atoms with Gasteiger partial charge in [0.2, 0.25) is 0 Å². The van der Waals surface area contributed by atoms with Crippen LogP contribution in [-0.4, -0.2) is 25.7 Å². The molecule has 0 aliphatic rings. The maximum atomic E-state index is 11.9. The fourth-order valence-electron chi connectivity index (χ4n) is 1.20. The Kier molecular flexibility index (Phi) is 4.12. The highest BCUT2D eigenvalue weighted by molar-refractivity contribution is 7.91. The second-order valence-electron chi connectivity index (χ2n) is 4.55. The van der Waals surface area contributed by atoms with Gasteiger partial charge < -0.3 is 5.11 Å². The van der Waals surface area contributed by atoms with Gasteiger partial charge in [0.25, 0.3) is 10.0 Å². The van der Waals surface area contributed by atoms with E-state index in [1.165, 1.54) is 11.3 Å². The molecule has 92 valence electrons. The highest BCUT2D eigenvalue weighted by Crippen LogP contribution is 2.23. The summed E-state index contributed by atoms with van der Waals surface area (Å²) in [7, 11) is -3.43. The van der Waals surface area contributed by atoms with Gasteiger partial charge in [0.1, 0.15) is 4.21 Å². The van der Waals surface area contributed by atoms with E-state index in [-0.39, 0.29) is 6.61 Å². The molecular weight excluding hydrogens is 246 g/mol. The Hall–Kier alpha value is -0.430. The molecule has 0 aromatic carbocycles. The molecule has 0 aliphatic carbocycles. The van der Waals surface area contributed by atoms with Gasteiger partial charge in [-0.2, -0.15) is 0 Å². The molecule has 0 amide bonds. The van der Waals surface area contributed by atoms with E-state index >= 15 is 0 Å². The molecule has 0 radical (unpaired) electrons. The first kappa shape index (κ1) is 13.6. The molecule has 0 atom stereocenters. The van der Waals surface area contributed by atoms with Crippen LogP contribution in [0.3, 0.4) is 0 Å². The molecule has 1 rings (SSSR count). The van der Waals surface area contributed by atoms with Gasteiger partial charge in [-0.3, -0.25) is 0 Å². The molecule has 0 fully saturated rings. The van der Waals surface area contributed by atoms with Crippen LogP contribution >= 0.6 is 11.3 Å². The summed E-state index contributed by atoms with van der Waals surface area (Å²) in [5, 5.41) is 8.76. The summed E-state index contributed by atoms with van der Waals surface area (Å²) < 4.78 is 26.7. The highest BCUT2D eigenvalue weighted by atomic mass is 32.2. The van der Waals surface area contributed by atoms with Crippen LogP contribution in [-0.2, 0) is 16.4 Å². The quantitative estimate of drug-likeness (QED) is 0.862. The molecular formula is C10H17NO3S2. The van der Waals surface area contributed by atoms with Gasteiger partial charge in [-0.05, 0) is 32.9 Å². The smallest absolute Gasteiger partial charge is 0.250 e. The third-order valence-corrected chi connectivity index (χ3v) is 5.10. The fourth-order valence-corrected chi connectivity index (χ4v) is 3.96. The van der Waals surface area contributed by atoms with E-state index in [0.717, 1.165) is 4.88 Å². The zero-order valence-electron chi connectivity index (χ0n) is 9.65. The summed E-state index contributed by atoms with van der Waals surface area (Å²) >= 11 is 1.19. The van der Waals surface area contributed by atoms with Gasteiger partial charge >= 0.3 is 0 Å². The molecule has 0 saturated carbocycles. The Morgan fingerprint density at radius 2 is 2.00 bits per heavy atom. The highest BCUT2D eigenvalue weighted by Gasteiger charge is 2.23. The molecule has 4 nitrogen and oxygen atoms in total. The third kappa shape index (κ3) is 3.86. The molecule has 0 spiro atoms. The van der Waals surface area contributed by atoms with Crippen molar-refractivity contribution < 1.29 is 13.5 Å². The third-order valence-electron chi connectivity index (χ3n) is 1.70. The minimum Gasteiger partial charge on any atom is -0.396 e. The molecule has 6 heteroatoms. The maximum absolute atomic E-state index is 11.9. The van der Waals surface area contributed by atoms with E-state index in [1.54, 1.807) is 32.9 Å². The van der Waals surface area contributed by atoms with Gasteiger partial charge in [-0.25, -0.2) is 13.1 Å². The predicted octanol–water partition coefficient (Wildman–Crippen LogP) is 1.36. The van der Waals surface area contributed by atoms with E-state index in [2.05, 4.69) is 4.72 Å². The number of thiophene rings is 1. The number of sulfonamides is 1. The number of hydrogen-bond acceptors (Lipinski definition) is 4. The van der Waals surface area contributed by atoms with Crippen molar-refractivity contribution in [3.63, 3.8) is 0 Å². The lowest BCUT2D eigenvalue weighted by Gasteiger charge is -2.19. The number of aliphatic hydroxyl groups is 1. The first-order valence-corrected chi connectivity index (χ1v) is 7.28. The largest absolute Gasteiger partial charge is 0.396 e. The van der Waals surface area contributed by atoms with E-state index in [4.69, 9.17) is 5.11 Å². The van der Waals surface area contributed by atoms with Gasteiger partial charge in [-0.15, -0.1) is 11.3 Å². The van der Waals surface area contributed by atoms with Crippen LogP contribution < -0.4 is 4.72 Å². The van der Waals surface area contributed by atoms with Crippen LogP contribution in [0.5, 0.6) is 0 Å². The molecule has 16 heavy (non-hydrogen) atoms. The van der Waals surface area contributed by atoms with Crippen LogP contribution in [0.2, 0.25) is 0 Å².